The Morgan fingerprint density at radius 1 is 1.05 bits per heavy atom. The second-order valence-electron chi connectivity index (χ2n) is 9.49. The van der Waals surface area contributed by atoms with E-state index in [2.05, 4.69) is 39.9 Å². The third-order valence-corrected chi connectivity index (χ3v) is 6.84. The molecular formula is C21H41N. The molecule has 2 aliphatic carbocycles. The average molecular weight is 308 g/mol. The van der Waals surface area contributed by atoms with Crippen molar-refractivity contribution in [3.63, 3.8) is 0 Å². The van der Waals surface area contributed by atoms with Crippen LogP contribution in [0.5, 0.6) is 0 Å². The molecule has 0 aromatic heterocycles. The number of rotatable bonds is 6. The predicted octanol–water partition coefficient (Wildman–Crippen LogP) is 6.32. The van der Waals surface area contributed by atoms with E-state index in [-0.39, 0.29) is 0 Å². The molecule has 0 aromatic rings. The van der Waals surface area contributed by atoms with Crippen LogP contribution in [0.2, 0.25) is 0 Å². The van der Waals surface area contributed by atoms with Crippen LogP contribution in [-0.2, 0) is 0 Å². The van der Waals surface area contributed by atoms with Gasteiger partial charge in [-0.2, -0.15) is 0 Å². The maximum atomic E-state index is 4.01. The normalized spacial score (nSPS) is 34.2. The summed E-state index contributed by atoms with van der Waals surface area (Å²) in [6, 6.07) is 1.58. The fourth-order valence-electron chi connectivity index (χ4n) is 5.09. The molecule has 0 bridgehead atoms. The SMILES string of the molecule is CCCCC(CC)NC1CCC2(CCC(C(C)(C)C)CC2)C1. The minimum atomic E-state index is 0.519. The molecule has 2 unspecified atom stereocenters. The van der Waals surface area contributed by atoms with E-state index in [1.54, 1.807) is 0 Å². The van der Waals surface area contributed by atoms with Gasteiger partial charge in [0, 0.05) is 12.1 Å². The van der Waals surface area contributed by atoms with Gasteiger partial charge in [0.1, 0.15) is 0 Å². The summed E-state index contributed by atoms with van der Waals surface area (Å²) >= 11 is 0. The number of hydrogen-bond donors (Lipinski definition) is 1. The second kappa shape index (κ2) is 7.69. The molecule has 2 rings (SSSR count). The Balaban J connectivity index is 1.80. The smallest absolute Gasteiger partial charge is 0.00751 e. The van der Waals surface area contributed by atoms with Crippen molar-refractivity contribution in [2.75, 3.05) is 0 Å². The van der Waals surface area contributed by atoms with Gasteiger partial charge in [-0.1, -0.05) is 47.5 Å². The van der Waals surface area contributed by atoms with Gasteiger partial charge in [0.15, 0.2) is 0 Å². The first-order chi connectivity index (χ1) is 10.4. The van der Waals surface area contributed by atoms with Crippen LogP contribution in [-0.4, -0.2) is 12.1 Å². The summed E-state index contributed by atoms with van der Waals surface area (Å²) in [5, 5.41) is 4.01. The van der Waals surface area contributed by atoms with Gasteiger partial charge in [0.2, 0.25) is 0 Å². The topological polar surface area (TPSA) is 12.0 Å². The minimum absolute atomic E-state index is 0.519. The van der Waals surface area contributed by atoms with E-state index in [1.165, 1.54) is 70.6 Å². The minimum Gasteiger partial charge on any atom is -0.311 e. The van der Waals surface area contributed by atoms with Crippen molar-refractivity contribution >= 4 is 0 Å². The highest BCUT2D eigenvalue weighted by Gasteiger charge is 2.43. The van der Waals surface area contributed by atoms with Crippen molar-refractivity contribution in [1.29, 1.82) is 0 Å². The Morgan fingerprint density at radius 3 is 2.23 bits per heavy atom. The molecule has 0 radical (unpaired) electrons. The van der Waals surface area contributed by atoms with Gasteiger partial charge in [0.25, 0.3) is 0 Å². The maximum Gasteiger partial charge on any atom is 0.00751 e. The quantitative estimate of drug-likeness (QED) is 0.605. The van der Waals surface area contributed by atoms with E-state index in [1.807, 2.05) is 0 Å². The molecule has 2 saturated carbocycles. The average Bonchev–Trinajstić information content (AvgIpc) is 2.85. The van der Waals surface area contributed by atoms with Crippen molar-refractivity contribution in [2.45, 2.75) is 117 Å². The summed E-state index contributed by atoms with van der Waals surface area (Å²) in [7, 11) is 0. The Bertz CT molecular complexity index is 319. The van der Waals surface area contributed by atoms with Gasteiger partial charge in [-0.3, -0.25) is 0 Å². The molecule has 0 aromatic carbocycles. The van der Waals surface area contributed by atoms with Crippen molar-refractivity contribution in [1.82, 2.24) is 5.32 Å². The predicted molar refractivity (Wildman–Crippen MR) is 98.2 cm³/mol. The molecule has 0 saturated heterocycles. The summed E-state index contributed by atoms with van der Waals surface area (Å²) in [5.41, 5.74) is 1.23. The Hall–Kier alpha value is -0.0400. The molecule has 2 aliphatic rings. The maximum absolute atomic E-state index is 4.01. The summed E-state index contributed by atoms with van der Waals surface area (Å²) < 4.78 is 0. The third-order valence-electron chi connectivity index (χ3n) is 6.84. The first-order valence-corrected chi connectivity index (χ1v) is 10.1. The standard InChI is InChI=1S/C21H41N/c1-6-8-9-18(7-2)22-19-12-15-21(16-19)13-10-17(11-14-21)20(3,4)5/h17-19,22H,6-16H2,1-5H3. The van der Waals surface area contributed by atoms with Crippen molar-refractivity contribution in [2.24, 2.45) is 16.7 Å². The van der Waals surface area contributed by atoms with Crippen LogP contribution in [0.15, 0.2) is 0 Å². The number of unbranched alkanes of at least 4 members (excludes halogenated alkanes) is 1. The molecule has 1 heteroatoms. The summed E-state index contributed by atoms with van der Waals surface area (Å²) in [4.78, 5) is 0. The van der Waals surface area contributed by atoms with Crippen molar-refractivity contribution in [3.05, 3.63) is 0 Å². The van der Waals surface area contributed by atoms with E-state index in [0.29, 0.717) is 10.8 Å². The Labute approximate surface area is 140 Å². The van der Waals surface area contributed by atoms with Gasteiger partial charge in [0.05, 0.1) is 0 Å². The summed E-state index contributed by atoms with van der Waals surface area (Å²) in [5.74, 6) is 0.957. The van der Waals surface area contributed by atoms with Gasteiger partial charge in [-0.05, 0) is 74.5 Å². The molecule has 1 nitrogen and oxygen atoms in total. The van der Waals surface area contributed by atoms with Crippen LogP contribution >= 0.6 is 0 Å². The molecule has 2 fully saturated rings. The van der Waals surface area contributed by atoms with Crippen LogP contribution < -0.4 is 5.32 Å². The van der Waals surface area contributed by atoms with Crippen LogP contribution in [0.3, 0.4) is 0 Å². The van der Waals surface area contributed by atoms with Gasteiger partial charge < -0.3 is 5.32 Å². The van der Waals surface area contributed by atoms with E-state index in [4.69, 9.17) is 0 Å². The molecule has 0 heterocycles. The Morgan fingerprint density at radius 2 is 1.68 bits per heavy atom. The zero-order valence-corrected chi connectivity index (χ0v) is 16.0. The van der Waals surface area contributed by atoms with E-state index in [9.17, 15) is 0 Å². The lowest BCUT2D eigenvalue weighted by Gasteiger charge is -2.42. The van der Waals surface area contributed by atoms with E-state index >= 15 is 0 Å². The van der Waals surface area contributed by atoms with Crippen LogP contribution in [0.1, 0.15) is 105 Å². The van der Waals surface area contributed by atoms with Crippen molar-refractivity contribution < 1.29 is 0 Å². The third kappa shape index (κ3) is 4.73. The van der Waals surface area contributed by atoms with E-state index in [0.717, 1.165) is 18.0 Å². The van der Waals surface area contributed by atoms with Crippen LogP contribution in [0.4, 0.5) is 0 Å². The lowest BCUT2D eigenvalue weighted by Crippen LogP contribution is -2.38. The van der Waals surface area contributed by atoms with Gasteiger partial charge in [-0.25, -0.2) is 0 Å². The van der Waals surface area contributed by atoms with Gasteiger partial charge in [-0.15, -0.1) is 0 Å². The molecule has 1 N–H and O–H groups in total. The highest BCUT2D eigenvalue weighted by atomic mass is 15.0. The van der Waals surface area contributed by atoms with E-state index < -0.39 is 0 Å². The summed E-state index contributed by atoms with van der Waals surface area (Å²) in [6.45, 7) is 12.0. The fraction of sp³-hybridized carbons (Fsp3) is 1.00. The second-order valence-corrected chi connectivity index (χ2v) is 9.49. The first kappa shape index (κ1) is 18.3. The highest BCUT2D eigenvalue weighted by Crippen LogP contribution is 2.53. The zero-order chi connectivity index (χ0) is 16.2. The lowest BCUT2D eigenvalue weighted by molar-refractivity contribution is 0.0896. The zero-order valence-electron chi connectivity index (χ0n) is 16.0. The number of nitrogens with one attached hydrogen (secondary N) is 1. The molecular weight excluding hydrogens is 266 g/mol. The molecule has 1 spiro atoms. The Kier molecular flexibility index (Phi) is 6.39. The largest absolute Gasteiger partial charge is 0.311 e. The fourth-order valence-corrected chi connectivity index (χ4v) is 5.09. The van der Waals surface area contributed by atoms with Crippen LogP contribution in [0.25, 0.3) is 0 Å². The monoisotopic (exact) mass is 307 g/mol. The molecule has 0 amide bonds. The lowest BCUT2D eigenvalue weighted by atomic mass is 9.63. The highest BCUT2D eigenvalue weighted by molar-refractivity contribution is 4.97. The molecule has 22 heavy (non-hydrogen) atoms. The first-order valence-electron chi connectivity index (χ1n) is 10.1. The van der Waals surface area contributed by atoms with Gasteiger partial charge >= 0.3 is 0 Å². The molecule has 2 atom stereocenters. The van der Waals surface area contributed by atoms with Crippen molar-refractivity contribution in [3.8, 4) is 0 Å². The number of hydrogen-bond acceptors (Lipinski definition) is 1. The van der Waals surface area contributed by atoms with Crippen LogP contribution in [0, 0.1) is 16.7 Å². The summed E-state index contributed by atoms with van der Waals surface area (Å²) in [6.07, 6.45) is 15.7. The molecule has 130 valence electrons. The molecule has 0 aliphatic heterocycles.